The number of fused-ring (bicyclic) bond motifs is 1. The van der Waals surface area contributed by atoms with Crippen molar-refractivity contribution >= 4 is 35.0 Å². The second-order valence-corrected chi connectivity index (χ2v) is 4.92. The molecule has 0 amide bonds. The molecule has 1 aromatic heterocycles. The normalized spacial score (nSPS) is 11.1. The van der Waals surface area contributed by atoms with E-state index in [1.807, 2.05) is 11.8 Å². The smallest absolute Gasteiger partial charge is 0.178 e. The van der Waals surface area contributed by atoms with Gasteiger partial charge in [0.1, 0.15) is 0 Å². The second-order valence-electron chi connectivity index (χ2n) is 3.54. The van der Waals surface area contributed by atoms with Gasteiger partial charge in [0.25, 0.3) is 0 Å². The molecule has 80 valence electrons. The van der Waals surface area contributed by atoms with Gasteiger partial charge in [0, 0.05) is 12.3 Å². The zero-order valence-corrected chi connectivity index (χ0v) is 10.5. The summed E-state index contributed by atoms with van der Waals surface area (Å²) in [6, 6.07) is 6.30. The van der Waals surface area contributed by atoms with Gasteiger partial charge in [-0.2, -0.15) is 11.8 Å². The van der Waals surface area contributed by atoms with Crippen molar-refractivity contribution in [1.29, 1.82) is 0 Å². The number of rotatable bonds is 3. The van der Waals surface area contributed by atoms with E-state index in [4.69, 9.17) is 12.2 Å². The molecule has 0 atom stereocenters. The van der Waals surface area contributed by atoms with Crippen molar-refractivity contribution in [3.8, 4) is 0 Å². The standard InChI is InChI=1S/C11H14N2S2/c1-8-4-3-5-9-10(8)12-11(14)13(9)6-7-15-2/h3-5H,6-7H2,1-2H3,(H,12,14). The van der Waals surface area contributed by atoms with Crippen LogP contribution in [-0.4, -0.2) is 21.6 Å². The molecule has 0 saturated heterocycles. The number of nitrogens with zero attached hydrogens (tertiary/aromatic N) is 1. The Bertz CT molecular complexity index is 525. The Hall–Kier alpha value is -0.740. The molecule has 0 aliphatic carbocycles. The lowest BCUT2D eigenvalue weighted by molar-refractivity contribution is 0.784. The maximum Gasteiger partial charge on any atom is 0.178 e. The quantitative estimate of drug-likeness (QED) is 0.828. The molecule has 0 fully saturated rings. The fourth-order valence-corrected chi connectivity index (χ4v) is 2.39. The van der Waals surface area contributed by atoms with E-state index in [9.17, 15) is 0 Å². The number of aryl methyl sites for hydroxylation is 2. The van der Waals surface area contributed by atoms with E-state index in [-0.39, 0.29) is 0 Å². The number of benzene rings is 1. The molecule has 0 bridgehead atoms. The highest BCUT2D eigenvalue weighted by molar-refractivity contribution is 7.98. The number of aromatic amines is 1. The van der Waals surface area contributed by atoms with E-state index in [2.05, 4.69) is 40.9 Å². The fraction of sp³-hybridized carbons (Fsp3) is 0.364. The molecule has 0 saturated carbocycles. The summed E-state index contributed by atoms with van der Waals surface area (Å²) in [4.78, 5) is 3.27. The summed E-state index contributed by atoms with van der Waals surface area (Å²) >= 11 is 7.16. The first-order chi connectivity index (χ1) is 7.24. The third-order valence-corrected chi connectivity index (χ3v) is 3.45. The first kappa shape index (κ1) is 10.8. The molecule has 0 aliphatic heterocycles. The number of imidazole rings is 1. The van der Waals surface area contributed by atoms with Gasteiger partial charge in [-0.1, -0.05) is 12.1 Å². The Balaban J connectivity index is 2.58. The number of H-pyrrole nitrogens is 1. The van der Waals surface area contributed by atoms with Crippen LogP contribution in [0.25, 0.3) is 11.0 Å². The molecule has 0 radical (unpaired) electrons. The van der Waals surface area contributed by atoms with Gasteiger partial charge in [-0.3, -0.25) is 0 Å². The van der Waals surface area contributed by atoms with Gasteiger partial charge in [0.15, 0.2) is 4.77 Å². The van der Waals surface area contributed by atoms with Gasteiger partial charge in [-0.25, -0.2) is 0 Å². The highest BCUT2D eigenvalue weighted by Crippen LogP contribution is 2.18. The van der Waals surface area contributed by atoms with Crippen LogP contribution in [0.4, 0.5) is 0 Å². The van der Waals surface area contributed by atoms with Gasteiger partial charge in [-0.15, -0.1) is 0 Å². The zero-order valence-electron chi connectivity index (χ0n) is 8.91. The molecular weight excluding hydrogens is 224 g/mol. The second kappa shape index (κ2) is 4.41. The first-order valence-corrected chi connectivity index (χ1v) is 6.71. The van der Waals surface area contributed by atoms with Crippen LogP contribution >= 0.6 is 24.0 Å². The van der Waals surface area contributed by atoms with E-state index in [0.29, 0.717) is 0 Å². The summed E-state index contributed by atoms with van der Waals surface area (Å²) in [5.74, 6) is 1.09. The van der Waals surface area contributed by atoms with Crippen molar-refractivity contribution in [2.75, 3.05) is 12.0 Å². The number of nitrogens with one attached hydrogen (secondary N) is 1. The molecule has 2 nitrogen and oxygen atoms in total. The molecule has 1 aromatic carbocycles. The third-order valence-electron chi connectivity index (χ3n) is 2.54. The SMILES string of the molecule is CSCCn1c(=S)[nH]c2c(C)cccc21. The lowest BCUT2D eigenvalue weighted by atomic mass is 10.2. The topological polar surface area (TPSA) is 20.7 Å². The third kappa shape index (κ3) is 1.96. The van der Waals surface area contributed by atoms with Crippen molar-refractivity contribution < 1.29 is 0 Å². The van der Waals surface area contributed by atoms with E-state index in [1.54, 1.807) is 0 Å². The summed E-state index contributed by atoms with van der Waals surface area (Å²) in [7, 11) is 0. The zero-order chi connectivity index (χ0) is 10.8. The van der Waals surface area contributed by atoms with E-state index >= 15 is 0 Å². The van der Waals surface area contributed by atoms with Gasteiger partial charge in [0.05, 0.1) is 11.0 Å². The van der Waals surface area contributed by atoms with Crippen molar-refractivity contribution in [3.63, 3.8) is 0 Å². The van der Waals surface area contributed by atoms with Crippen LogP contribution in [0.5, 0.6) is 0 Å². The van der Waals surface area contributed by atoms with Gasteiger partial charge < -0.3 is 9.55 Å². The van der Waals surface area contributed by atoms with Gasteiger partial charge >= 0.3 is 0 Å². The van der Waals surface area contributed by atoms with Crippen LogP contribution < -0.4 is 0 Å². The van der Waals surface area contributed by atoms with Crippen LogP contribution in [-0.2, 0) is 6.54 Å². The number of thioether (sulfide) groups is 1. The van der Waals surface area contributed by atoms with Gasteiger partial charge in [-0.05, 0) is 37.0 Å². The Labute approximate surface area is 98.7 Å². The summed E-state index contributed by atoms with van der Waals surface area (Å²) in [5, 5.41) is 0. The number of aromatic nitrogens is 2. The maximum absolute atomic E-state index is 5.32. The molecule has 1 heterocycles. The lowest BCUT2D eigenvalue weighted by Gasteiger charge is -2.02. The molecule has 0 spiro atoms. The molecule has 2 rings (SSSR count). The minimum absolute atomic E-state index is 0.827. The Morgan fingerprint density at radius 3 is 3.00 bits per heavy atom. The predicted molar refractivity (Wildman–Crippen MR) is 70.2 cm³/mol. The minimum atomic E-state index is 0.827. The van der Waals surface area contributed by atoms with Crippen LogP contribution in [0.2, 0.25) is 0 Å². The van der Waals surface area contributed by atoms with Crippen molar-refractivity contribution in [3.05, 3.63) is 28.5 Å². The monoisotopic (exact) mass is 238 g/mol. The average Bonchev–Trinajstić information content (AvgIpc) is 2.54. The summed E-state index contributed by atoms with van der Waals surface area (Å²) < 4.78 is 3.00. The fourth-order valence-electron chi connectivity index (χ4n) is 1.73. The Morgan fingerprint density at radius 1 is 1.47 bits per heavy atom. The number of para-hydroxylation sites is 1. The maximum atomic E-state index is 5.32. The Morgan fingerprint density at radius 2 is 2.27 bits per heavy atom. The lowest BCUT2D eigenvalue weighted by Crippen LogP contribution is -1.99. The van der Waals surface area contributed by atoms with Crippen LogP contribution in [0, 0.1) is 11.7 Å². The first-order valence-electron chi connectivity index (χ1n) is 4.91. The molecule has 1 N–H and O–H groups in total. The molecular formula is C11H14N2S2. The average molecular weight is 238 g/mol. The van der Waals surface area contributed by atoms with Crippen molar-refractivity contribution in [2.45, 2.75) is 13.5 Å². The van der Waals surface area contributed by atoms with E-state index in [1.165, 1.54) is 16.6 Å². The van der Waals surface area contributed by atoms with Gasteiger partial charge in [0.2, 0.25) is 0 Å². The van der Waals surface area contributed by atoms with Crippen molar-refractivity contribution in [2.24, 2.45) is 0 Å². The van der Waals surface area contributed by atoms with Crippen LogP contribution in [0.15, 0.2) is 18.2 Å². The van der Waals surface area contributed by atoms with E-state index < -0.39 is 0 Å². The summed E-state index contributed by atoms with van der Waals surface area (Å²) in [6.07, 6.45) is 2.11. The number of hydrogen-bond donors (Lipinski definition) is 1. The summed E-state index contributed by atoms with van der Waals surface area (Å²) in [5.41, 5.74) is 3.64. The molecule has 0 aliphatic rings. The molecule has 2 aromatic rings. The highest BCUT2D eigenvalue weighted by atomic mass is 32.2. The predicted octanol–water partition coefficient (Wildman–Crippen LogP) is 3.37. The minimum Gasteiger partial charge on any atom is -0.330 e. The van der Waals surface area contributed by atoms with Crippen LogP contribution in [0.3, 0.4) is 0 Å². The molecule has 0 unspecified atom stereocenters. The Kier molecular flexibility index (Phi) is 3.17. The number of hydrogen-bond acceptors (Lipinski definition) is 2. The van der Waals surface area contributed by atoms with E-state index in [0.717, 1.165) is 17.1 Å². The molecule has 4 heteroatoms. The van der Waals surface area contributed by atoms with Crippen molar-refractivity contribution in [1.82, 2.24) is 9.55 Å². The summed E-state index contributed by atoms with van der Waals surface area (Å²) in [6.45, 7) is 3.08. The molecule has 15 heavy (non-hydrogen) atoms. The highest BCUT2D eigenvalue weighted by Gasteiger charge is 2.04. The largest absolute Gasteiger partial charge is 0.330 e. The van der Waals surface area contributed by atoms with Crippen LogP contribution in [0.1, 0.15) is 5.56 Å².